The van der Waals surface area contributed by atoms with Crippen LogP contribution in [0.4, 0.5) is 13.2 Å². The summed E-state index contributed by atoms with van der Waals surface area (Å²) in [5.74, 6) is -1.47. The van der Waals surface area contributed by atoms with Crippen molar-refractivity contribution in [2.45, 2.75) is 19.1 Å². The van der Waals surface area contributed by atoms with Gasteiger partial charge in [0.05, 0.1) is 0 Å². The largest absolute Gasteiger partial charge is 0.504 e. The second kappa shape index (κ2) is 5.92. The Labute approximate surface area is 107 Å². The summed E-state index contributed by atoms with van der Waals surface area (Å²) >= 11 is 0. The van der Waals surface area contributed by atoms with Gasteiger partial charge in [0.1, 0.15) is 6.04 Å². The van der Waals surface area contributed by atoms with Crippen molar-refractivity contribution in [3.05, 3.63) is 23.8 Å². The van der Waals surface area contributed by atoms with Crippen LogP contribution in [-0.4, -0.2) is 17.3 Å². The van der Waals surface area contributed by atoms with E-state index in [2.05, 4.69) is 4.74 Å². The minimum atomic E-state index is -4.60. The number of nitrogens with two attached hydrogens (primary N) is 1. The summed E-state index contributed by atoms with van der Waals surface area (Å²) in [4.78, 5) is 10.6. The van der Waals surface area contributed by atoms with Gasteiger partial charge in [-0.25, -0.2) is 0 Å². The first-order valence-corrected chi connectivity index (χ1v) is 4.55. The zero-order valence-electron chi connectivity index (χ0n) is 9.19. The number of alkyl halides is 3. The van der Waals surface area contributed by atoms with Crippen LogP contribution in [0.1, 0.15) is 18.5 Å². The van der Waals surface area contributed by atoms with Gasteiger partial charge in [-0.2, -0.15) is 13.2 Å². The Balaban J connectivity index is 0.00000289. The first-order chi connectivity index (χ1) is 7.71. The van der Waals surface area contributed by atoms with Crippen molar-refractivity contribution in [3.63, 3.8) is 0 Å². The summed E-state index contributed by atoms with van der Waals surface area (Å²) < 4.78 is 41.4. The lowest BCUT2D eigenvalue weighted by molar-refractivity contribution is -0.149. The van der Waals surface area contributed by atoms with E-state index in [9.17, 15) is 23.1 Å². The predicted molar refractivity (Wildman–Crippen MR) is 59.6 cm³/mol. The van der Waals surface area contributed by atoms with E-state index in [0.29, 0.717) is 0 Å². The number of halogens is 4. The van der Waals surface area contributed by atoms with Crippen molar-refractivity contribution >= 4 is 18.4 Å². The second-order valence-electron chi connectivity index (χ2n) is 3.34. The van der Waals surface area contributed by atoms with Gasteiger partial charge in [-0.05, 0) is 17.7 Å². The van der Waals surface area contributed by atoms with E-state index in [1.54, 1.807) is 0 Å². The highest BCUT2D eigenvalue weighted by Gasteiger charge is 2.38. The molecular weight excluding hydrogens is 275 g/mol. The van der Waals surface area contributed by atoms with Crippen molar-refractivity contribution < 1.29 is 27.8 Å². The smallest absolute Gasteiger partial charge is 0.407 e. The molecule has 0 fully saturated rings. The second-order valence-corrected chi connectivity index (χ2v) is 3.34. The van der Waals surface area contributed by atoms with Gasteiger partial charge in [-0.1, -0.05) is 6.07 Å². The molecule has 0 bridgehead atoms. The van der Waals surface area contributed by atoms with Gasteiger partial charge >= 0.3 is 12.1 Å². The average Bonchev–Trinajstić information content (AvgIpc) is 2.18. The highest BCUT2D eigenvalue weighted by Crippen LogP contribution is 2.35. The van der Waals surface area contributed by atoms with E-state index in [4.69, 9.17) is 5.73 Å². The molecule has 0 aliphatic rings. The molecule has 102 valence electrons. The average molecular weight is 286 g/mol. The quantitative estimate of drug-likeness (QED) is 0.646. The number of phenols is 1. The number of carbonyl (C=O) groups excluding carboxylic acids is 1. The topological polar surface area (TPSA) is 72.5 Å². The number of rotatable bonds is 2. The fourth-order valence-corrected chi connectivity index (χ4v) is 1.16. The molecule has 3 N–H and O–H groups in total. The maximum absolute atomic E-state index is 12.3. The predicted octanol–water partition coefficient (Wildman–Crippen LogP) is 2.30. The highest BCUT2D eigenvalue weighted by molar-refractivity contribution is 5.85. The SMILES string of the molecule is CC(=O)Oc1ccc([C@H](N)C(F)(F)F)cc1O.Cl. The molecule has 0 aliphatic carbocycles. The van der Waals surface area contributed by atoms with Crippen LogP contribution in [0.2, 0.25) is 0 Å². The number of hydrogen-bond donors (Lipinski definition) is 2. The minimum Gasteiger partial charge on any atom is -0.504 e. The van der Waals surface area contributed by atoms with Crippen molar-refractivity contribution in [1.82, 2.24) is 0 Å². The van der Waals surface area contributed by atoms with Gasteiger partial charge in [0.15, 0.2) is 11.5 Å². The van der Waals surface area contributed by atoms with Gasteiger partial charge in [-0.15, -0.1) is 12.4 Å². The third-order valence-electron chi connectivity index (χ3n) is 1.95. The van der Waals surface area contributed by atoms with Crippen LogP contribution in [-0.2, 0) is 4.79 Å². The van der Waals surface area contributed by atoms with E-state index in [1.165, 1.54) is 0 Å². The molecule has 0 unspecified atom stereocenters. The molecule has 4 nitrogen and oxygen atoms in total. The van der Waals surface area contributed by atoms with Gasteiger partial charge in [-0.3, -0.25) is 4.79 Å². The third-order valence-corrected chi connectivity index (χ3v) is 1.95. The lowest BCUT2D eigenvalue weighted by atomic mass is 10.1. The molecule has 0 heterocycles. The van der Waals surface area contributed by atoms with Crippen LogP contribution in [0.5, 0.6) is 11.5 Å². The maximum Gasteiger partial charge on any atom is 0.407 e. The first-order valence-electron chi connectivity index (χ1n) is 4.55. The Morgan fingerprint density at radius 1 is 1.44 bits per heavy atom. The molecule has 0 saturated carbocycles. The van der Waals surface area contributed by atoms with Crippen LogP contribution in [0.25, 0.3) is 0 Å². The normalized spacial score (nSPS) is 12.5. The number of benzene rings is 1. The van der Waals surface area contributed by atoms with E-state index < -0.39 is 23.9 Å². The Morgan fingerprint density at radius 2 is 2.00 bits per heavy atom. The summed E-state index contributed by atoms with van der Waals surface area (Å²) in [7, 11) is 0. The van der Waals surface area contributed by atoms with E-state index >= 15 is 0 Å². The minimum absolute atomic E-state index is 0. The number of phenolic OH excluding ortho intramolecular Hbond substituents is 1. The number of carbonyl (C=O) groups is 1. The molecule has 0 radical (unpaired) electrons. The first kappa shape index (κ1) is 16.5. The lowest BCUT2D eigenvalue weighted by Gasteiger charge is -2.16. The van der Waals surface area contributed by atoms with Crippen LogP contribution in [0, 0.1) is 0 Å². The van der Waals surface area contributed by atoms with Gasteiger partial charge in [0.2, 0.25) is 0 Å². The molecular formula is C10H11ClF3NO3. The molecule has 0 aromatic heterocycles. The van der Waals surface area contributed by atoms with Crippen molar-refractivity contribution in [2.24, 2.45) is 5.73 Å². The highest BCUT2D eigenvalue weighted by atomic mass is 35.5. The van der Waals surface area contributed by atoms with Crippen molar-refractivity contribution in [1.29, 1.82) is 0 Å². The number of hydrogen-bond acceptors (Lipinski definition) is 4. The molecule has 0 amide bonds. The van der Waals surface area contributed by atoms with Crippen LogP contribution < -0.4 is 10.5 Å². The molecule has 1 aromatic carbocycles. The maximum atomic E-state index is 12.3. The Morgan fingerprint density at radius 3 is 2.39 bits per heavy atom. The fourth-order valence-electron chi connectivity index (χ4n) is 1.16. The van der Waals surface area contributed by atoms with Crippen LogP contribution >= 0.6 is 12.4 Å². The van der Waals surface area contributed by atoms with E-state index in [1.807, 2.05) is 0 Å². The van der Waals surface area contributed by atoms with Crippen molar-refractivity contribution in [3.8, 4) is 11.5 Å². The van der Waals surface area contributed by atoms with E-state index in [-0.39, 0.29) is 23.7 Å². The standard InChI is InChI=1S/C10H10F3NO3.ClH/c1-5(15)17-8-3-2-6(4-7(8)16)9(14)10(11,12)13;/h2-4,9,16H,14H2,1H3;1H/t9-;/m0./s1. The Bertz CT molecular complexity index is 437. The molecule has 0 saturated heterocycles. The summed E-state index contributed by atoms with van der Waals surface area (Å²) in [5, 5.41) is 9.35. The molecule has 1 aromatic rings. The Hall–Kier alpha value is -1.47. The molecule has 1 atom stereocenters. The zero-order valence-corrected chi connectivity index (χ0v) is 10.0. The van der Waals surface area contributed by atoms with Gasteiger partial charge in [0, 0.05) is 6.92 Å². The summed E-state index contributed by atoms with van der Waals surface area (Å²) in [6.45, 7) is 1.11. The number of ether oxygens (including phenoxy) is 1. The molecule has 1 rings (SSSR count). The molecule has 0 spiro atoms. The van der Waals surface area contributed by atoms with Crippen LogP contribution in [0.15, 0.2) is 18.2 Å². The Kier molecular flexibility index (Phi) is 5.44. The summed E-state index contributed by atoms with van der Waals surface area (Å²) in [5.41, 5.74) is 4.63. The molecule has 0 aliphatic heterocycles. The van der Waals surface area contributed by atoms with Crippen LogP contribution in [0.3, 0.4) is 0 Å². The third kappa shape index (κ3) is 4.08. The number of aromatic hydroxyl groups is 1. The summed E-state index contributed by atoms with van der Waals surface area (Å²) in [6, 6.07) is 0.712. The van der Waals surface area contributed by atoms with Crippen molar-refractivity contribution in [2.75, 3.05) is 0 Å². The summed E-state index contributed by atoms with van der Waals surface area (Å²) in [6.07, 6.45) is -4.60. The number of esters is 1. The zero-order chi connectivity index (χ0) is 13.2. The molecule has 8 heteroatoms. The lowest BCUT2D eigenvalue weighted by Crippen LogP contribution is -2.28. The molecule has 18 heavy (non-hydrogen) atoms. The fraction of sp³-hybridized carbons (Fsp3) is 0.300. The van der Waals surface area contributed by atoms with E-state index in [0.717, 1.165) is 25.1 Å². The van der Waals surface area contributed by atoms with Gasteiger partial charge < -0.3 is 15.6 Å². The monoisotopic (exact) mass is 285 g/mol. The van der Waals surface area contributed by atoms with Gasteiger partial charge in [0.25, 0.3) is 0 Å².